The number of primary amides is 1. The third-order valence-corrected chi connectivity index (χ3v) is 4.31. The van der Waals surface area contributed by atoms with Crippen LogP contribution in [0.2, 0.25) is 0 Å². The van der Waals surface area contributed by atoms with Crippen molar-refractivity contribution in [2.24, 2.45) is 5.73 Å². The van der Waals surface area contributed by atoms with Crippen molar-refractivity contribution in [3.8, 4) is 28.0 Å². The number of benzene rings is 2. The summed E-state index contributed by atoms with van der Waals surface area (Å²) in [4.78, 5) is 15.9. The van der Waals surface area contributed by atoms with Crippen molar-refractivity contribution in [1.82, 2.24) is 4.98 Å². The van der Waals surface area contributed by atoms with Gasteiger partial charge in [0.1, 0.15) is 17.3 Å². The molecular formula is C19H13FN2O2. The number of phenols is 1. The number of nitrogens with zero attached hydrogens (tertiary/aromatic N) is 1. The number of hydrogen-bond donors (Lipinski definition) is 2. The van der Waals surface area contributed by atoms with E-state index in [0.29, 0.717) is 28.7 Å². The molecule has 4 nitrogen and oxygen atoms in total. The van der Waals surface area contributed by atoms with Gasteiger partial charge in [-0.3, -0.25) is 9.78 Å². The first kappa shape index (κ1) is 14.4. The topological polar surface area (TPSA) is 76.2 Å². The minimum absolute atomic E-state index is 0.110. The second kappa shape index (κ2) is 5.16. The third kappa shape index (κ3) is 2.06. The van der Waals surface area contributed by atoms with Crippen molar-refractivity contribution in [2.75, 3.05) is 0 Å². The summed E-state index contributed by atoms with van der Waals surface area (Å²) in [6, 6.07) is 11.4. The molecule has 0 saturated carbocycles. The predicted octanol–water partition coefficient (Wildman–Crippen LogP) is 3.26. The second-order valence-electron chi connectivity index (χ2n) is 5.74. The van der Waals surface area contributed by atoms with Crippen LogP contribution < -0.4 is 5.73 Å². The molecule has 0 spiro atoms. The monoisotopic (exact) mass is 320 g/mol. The molecule has 3 N–H and O–H groups in total. The maximum atomic E-state index is 14.3. The van der Waals surface area contributed by atoms with E-state index in [9.17, 15) is 14.3 Å². The average Bonchev–Trinajstić information content (AvgIpc) is 2.93. The van der Waals surface area contributed by atoms with Crippen LogP contribution in [0, 0.1) is 5.82 Å². The molecule has 24 heavy (non-hydrogen) atoms. The molecule has 0 unspecified atom stereocenters. The standard InChI is InChI=1S/C19H13FN2O2/c20-16-4-2-1-3-12(16)15-9-22-18(19(21)24)14-7-10-5-6-11(23)8-13(10)17(14)15/h1-6,8-9,23H,7H2,(H2,21,24). The molecule has 1 heterocycles. The summed E-state index contributed by atoms with van der Waals surface area (Å²) >= 11 is 0. The van der Waals surface area contributed by atoms with E-state index >= 15 is 0 Å². The molecule has 3 aromatic rings. The molecule has 118 valence electrons. The normalized spacial score (nSPS) is 11.9. The van der Waals surface area contributed by atoms with Gasteiger partial charge in [0.15, 0.2) is 0 Å². The Kier molecular flexibility index (Phi) is 3.09. The highest BCUT2D eigenvalue weighted by molar-refractivity contribution is 5.99. The van der Waals surface area contributed by atoms with Gasteiger partial charge in [0.2, 0.25) is 0 Å². The number of halogens is 1. The van der Waals surface area contributed by atoms with Gasteiger partial charge in [-0.05, 0) is 40.5 Å². The highest BCUT2D eigenvalue weighted by Crippen LogP contribution is 2.45. The first-order valence-electron chi connectivity index (χ1n) is 7.45. The number of carbonyl (C=O) groups is 1. The first-order valence-corrected chi connectivity index (χ1v) is 7.45. The Morgan fingerprint density at radius 1 is 1.12 bits per heavy atom. The van der Waals surface area contributed by atoms with E-state index in [1.165, 1.54) is 12.3 Å². The van der Waals surface area contributed by atoms with Crippen LogP contribution in [0.4, 0.5) is 4.39 Å². The van der Waals surface area contributed by atoms with E-state index in [1.54, 1.807) is 36.4 Å². The Hall–Kier alpha value is -3.21. The predicted molar refractivity (Wildman–Crippen MR) is 88.1 cm³/mol. The highest BCUT2D eigenvalue weighted by atomic mass is 19.1. The van der Waals surface area contributed by atoms with Gasteiger partial charge < -0.3 is 10.8 Å². The van der Waals surface area contributed by atoms with Crippen LogP contribution in [0.25, 0.3) is 22.3 Å². The van der Waals surface area contributed by atoms with Crippen molar-refractivity contribution < 1.29 is 14.3 Å². The molecular weight excluding hydrogens is 307 g/mol. The lowest BCUT2D eigenvalue weighted by Crippen LogP contribution is -2.16. The molecule has 2 aromatic carbocycles. The van der Waals surface area contributed by atoms with E-state index in [0.717, 1.165) is 11.1 Å². The fourth-order valence-corrected chi connectivity index (χ4v) is 3.27. The number of phenolic OH excluding ortho intramolecular Hbond substituents is 1. The van der Waals surface area contributed by atoms with Crippen LogP contribution in [-0.4, -0.2) is 16.0 Å². The number of nitrogens with two attached hydrogens (primary N) is 1. The number of hydrogen-bond acceptors (Lipinski definition) is 3. The highest BCUT2D eigenvalue weighted by Gasteiger charge is 2.28. The number of aromatic hydroxyl groups is 1. The molecule has 1 aliphatic carbocycles. The molecule has 5 heteroatoms. The Morgan fingerprint density at radius 2 is 1.92 bits per heavy atom. The summed E-state index contributed by atoms with van der Waals surface area (Å²) in [6.07, 6.45) is 1.94. The smallest absolute Gasteiger partial charge is 0.267 e. The summed E-state index contributed by atoms with van der Waals surface area (Å²) < 4.78 is 14.3. The van der Waals surface area contributed by atoms with Gasteiger partial charge in [0.05, 0.1) is 0 Å². The number of pyridine rings is 1. The molecule has 0 saturated heterocycles. The number of carbonyl (C=O) groups excluding carboxylic acids is 1. The van der Waals surface area contributed by atoms with Crippen molar-refractivity contribution in [3.05, 3.63) is 71.3 Å². The average molecular weight is 320 g/mol. The Morgan fingerprint density at radius 3 is 2.67 bits per heavy atom. The lowest BCUT2D eigenvalue weighted by molar-refractivity contribution is 0.0995. The van der Waals surface area contributed by atoms with E-state index in [2.05, 4.69) is 4.98 Å². The minimum atomic E-state index is -0.622. The van der Waals surface area contributed by atoms with Crippen LogP contribution in [-0.2, 0) is 6.42 Å². The molecule has 0 fully saturated rings. The summed E-state index contributed by atoms with van der Waals surface area (Å²) in [7, 11) is 0. The van der Waals surface area contributed by atoms with E-state index in [1.807, 2.05) is 0 Å². The Labute approximate surface area is 137 Å². The number of amides is 1. The van der Waals surface area contributed by atoms with E-state index in [-0.39, 0.29) is 17.3 Å². The Bertz CT molecular complexity index is 999. The van der Waals surface area contributed by atoms with Crippen molar-refractivity contribution in [2.45, 2.75) is 6.42 Å². The van der Waals surface area contributed by atoms with Crippen LogP contribution >= 0.6 is 0 Å². The van der Waals surface area contributed by atoms with E-state index in [4.69, 9.17) is 5.73 Å². The van der Waals surface area contributed by atoms with Crippen LogP contribution in [0.5, 0.6) is 5.75 Å². The molecule has 1 aromatic heterocycles. The number of rotatable bonds is 2. The molecule has 0 atom stereocenters. The molecule has 1 amide bonds. The summed E-state index contributed by atoms with van der Waals surface area (Å²) in [6.45, 7) is 0. The molecule has 1 aliphatic rings. The van der Waals surface area contributed by atoms with Gasteiger partial charge >= 0.3 is 0 Å². The van der Waals surface area contributed by atoms with Gasteiger partial charge in [0, 0.05) is 23.7 Å². The molecule has 0 bridgehead atoms. The zero-order valence-corrected chi connectivity index (χ0v) is 12.6. The number of aromatic nitrogens is 1. The zero-order chi connectivity index (χ0) is 16.8. The summed E-state index contributed by atoms with van der Waals surface area (Å²) in [5, 5.41) is 9.84. The lowest BCUT2D eigenvalue weighted by Gasteiger charge is -2.12. The summed E-state index contributed by atoms with van der Waals surface area (Å²) in [5.74, 6) is -0.885. The van der Waals surface area contributed by atoms with Crippen LogP contribution in [0.1, 0.15) is 21.6 Å². The second-order valence-corrected chi connectivity index (χ2v) is 5.74. The molecule has 4 rings (SSSR count). The molecule has 0 aliphatic heterocycles. The fraction of sp³-hybridized carbons (Fsp3) is 0.0526. The van der Waals surface area contributed by atoms with Crippen LogP contribution in [0.15, 0.2) is 48.7 Å². The summed E-state index contributed by atoms with van der Waals surface area (Å²) in [5.41, 5.74) is 9.69. The Balaban J connectivity index is 2.07. The lowest BCUT2D eigenvalue weighted by atomic mass is 9.94. The van der Waals surface area contributed by atoms with Crippen LogP contribution in [0.3, 0.4) is 0 Å². The van der Waals surface area contributed by atoms with Gasteiger partial charge in [-0.1, -0.05) is 24.3 Å². The number of fused-ring (bicyclic) bond motifs is 3. The largest absolute Gasteiger partial charge is 0.508 e. The minimum Gasteiger partial charge on any atom is -0.508 e. The maximum Gasteiger partial charge on any atom is 0.267 e. The van der Waals surface area contributed by atoms with E-state index < -0.39 is 5.91 Å². The van der Waals surface area contributed by atoms with Crippen molar-refractivity contribution in [3.63, 3.8) is 0 Å². The maximum absolute atomic E-state index is 14.3. The SMILES string of the molecule is NC(=O)c1ncc(-c2ccccc2F)c2c1Cc1ccc(O)cc1-2. The third-order valence-electron chi connectivity index (χ3n) is 4.31. The van der Waals surface area contributed by atoms with Gasteiger partial charge in [-0.15, -0.1) is 0 Å². The van der Waals surface area contributed by atoms with Gasteiger partial charge in [-0.2, -0.15) is 0 Å². The first-order chi connectivity index (χ1) is 11.6. The molecule has 0 radical (unpaired) electrons. The quantitative estimate of drug-likeness (QED) is 0.595. The van der Waals surface area contributed by atoms with Gasteiger partial charge in [0.25, 0.3) is 5.91 Å². The zero-order valence-electron chi connectivity index (χ0n) is 12.6. The van der Waals surface area contributed by atoms with Crippen molar-refractivity contribution in [1.29, 1.82) is 0 Å². The van der Waals surface area contributed by atoms with Gasteiger partial charge in [-0.25, -0.2) is 4.39 Å². The van der Waals surface area contributed by atoms with Crippen molar-refractivity contribution >= 4 is 5.91 Å². The fourth-order valence-electron chi connectivity index (χ4n) is 3.27.